The quantitative estimate of drug-likeness (QED) is 0.736. The smallest absolute Gasteiger partial charge is 0.328 e. The number of nitrogens with zero attached hydrogens (tertiary/aromatic N) is 1. The molecule has 7 heteroatoms. The molecule has 0 aliphatic carbocycles. The standard InChI is InChI=1S/C19H22N2O5/c1-12(11-14-7-5-4-6-8-14)26-19(24)13(2)21-18(23)16-17(22)15(25-3)9-10-20-16/h4-10,12-13,22H,11H2,1-3H3,(H,21,23)/t12?,13-/m0/s1. The summed E-state index contributed by atoms with van der Waals surface area (Å²) in [6.07, 6.45) is 1.57. The highest BCUT2D eigenvalue weighted by Crippen LogP contribution is 2.27. The molecule has 1 amide bonds. The number of pyridine rings is 1. The first-order valence-electron chi connectivity index (χ1n) is 8.19. The summed E-state index contributed by atoms with van der Waals surface area (Å²) >= 11 is 0. The Morgan fingerprint density at radius 1 is 1.19 bits per heavy atom. The maximum Gasteiger partial charge on any atom is 0.328 e. The SMILES string of the molecule is COc1ccnc(C(=O)N[C@@H](C)C(=O)OC(C)Cc2ccccc2)c1O. The number of aromatic nitrogens is 1. The topological polar surface area (TPSA) is 97.8 Å². The summed E-state index contributed by atoms with van der Waals surface area (Å²) in [7, 11) is 1.37. The van der Waals surface area contributed by atoms with Crippen molar-refractivity contribution >= 4 is 11.9 Å². The van der Waals surface area contributed by atoms with Gasteiger partial charge in [0.2, 0.25) is 0 Å². The number of aromatic hydroxyl groups is 1. The number of rotatable bonds is 7. The third-order valence-electron chi connectivity index (χ3n) is 3.71. The van der Waals surface area contributed by atoms with E-state index in [1.165, 1.54) is 26.3 Å². The van der Waals surface area contributed by atoms with Gasteiger partial charge in [-0.2, -0.15) is 0 Å². The molecule has 2 aromatic rings. The molecule has 0 radical (unpaired) electrons. The van der Waals surface area contributed by atoms with Crippen LogP contribution < -0.4 is 10.1 Å². The van der Waals surface area contributed by atoms with Gasteiger partial charge in [-0.3, -0.25) is 4.79 Å². The Morgan fingerprint density at radius 3 is 2.54 bits per heavy atom. The highest BCUT2D eigenvalue weighted by molar-refractivity contribution is 5.97. The van der Waals surface area contributed by atoms with Crippen LogP contribution in [0.25, 0.3) is 0 Å². The lowest BCUT2D eigenvalue weighted by Crippen LogP contribution is -2.41. The van der Waals surface area contributed by atoms with Gasteiger partial charge in [-0.15, -0.1) is 0 Å². The minimum atomic E-state index is -0.895. The van der Waals surface area contributed by atoms with E-state index >= 15 is 0 Å². The number of ether oxygens (including phenoxy) is 2. The zero-order valence-electron chi connectivity index (χ0n) is 14.9. The Labute approximate surface area is 152 Å². The van der Waals surface area contributed by atoms with E-state index in [9.17, 15) is 14.7 Å². The average molecular weight is 358 g/mol. The van der Waals surface area contributed by atoms with E-state index in [1.807, 2.05) is 30.3 Å². The molecule has 0 aliphatic heterocycles. The summed E-state index contributed by atoms with van der Waals surface area (Å²) < 4.78 is 10.3. The second-order valence-electron chi connectivity index (χ2n) is 5.84. The number of carbonyl (C=O) groups is 2. The van der Waals surface area contributed by atoms with E-state index in [4.69, 9.17) is 9.47 Å². The fourth-order valence-electron chi connectivity index (χ4n) is 2.38. The summed E-state index contributed by atoms with van der Waals surface area (Å²) in [4.78, 5) is 28.2. The van der Waals surface area contributed by atoms with E-state index in [-0.39, 0.29) is 23.3 Å². The number of esters is 1. The Kier molecular flexibility index (Phi) is 6.54. The van der Waals surface area contributed by atoms with Crippen molar-refractivity contribution in [2.24, 2.45) is 0 Å². The largest absolute Gasteiger partial charge is 0.503 e. The lowest BCUT2D eigenvalue weighted by atomic mass is 10.1. The molecule has 1 aromatic heterocycles. The molecule has 2 N–H and O–H groups in total. The molecule has 1 unspecified atom stereocenters. The Balaban J connectivity index is 1.93. The number of nitrogens with one attached hydrogen (secondary N) is 1. The van der Waals surface area contributed by atoms with Crippen LogP contribution in [0.4, 0.5) is 0 Å². The molecule has 0 saturated heterocycles. The lowest BCUT2D eigenvalue weighted by molar-refractivity contribution is -0.150. The summed E-state index contributed by atoms with van der Waals surface area (Å²) in [6.45, 7) is 3.29. The van der Waals surface area contributed by atoms with Crippen LogP contribution in [0, 0.1) is 0 Å². The molecule has 0 fully saturated rings. The van der Waals surface area contributed by atoms with Crippen molar-refractivity contribution in [2.75, 3.05) is 7.11 Å². The van der Waals surface area contributed by atoms with Crippen LogP contribution in [-0.4, -0.2) is 41.2 Å². The minimum Gasteiger partial charge on any atom is -0.503 e. The van der Waals surface area contributed by atoms with Crippen LogP contribution in [-0.2, 0) is 16.0 Å². The van der Waals surface area contributed by atoms with Crippen LogP contribution in [0.3, 0.4) is 0 Å². The average Bonchev–Trinajstić information content (AvgIpc) is 2.62. The van der Waals surface area contributed by atoms with Crippen molar-refractivity contribution in [2.45, 2.75) is 32.4 Å². The van der Waals surface area contributed by atoms with Crippen LogP contribution in [0.5, 0.6) is 11.5 Å². The van der Waals surface area contributed by atoms with Gasteiger partial charge in [-0.25, -0.2) is 9.78 Å². The van der Waals surface area contributed by atoms with Crippen LogP contribution >= 0.6 is 0 Å². The zero-order chi connectivity index (χ0) is 19.1. The van der Waals surface area contributed by atoms with E-state index in [1.54, 1.807) is 6.92 Å². The van der Waals surface area contributed by atoms with Gasteiger partial charge in [0.05, 0.1) is 7.11 Å². The van der Waals surface area contributed by atoms with E-state index in [2.05, 4.69) is 10.3 Å². The fourth-order valence-corrected chi connectivity index (χ4v) is 2.38. The van der Waals surface area contributed by atoms with Crippen LogP contribution in [0.15, 0.2) is 42.6 Å². The van der Waals surface area contributed by atoms with E-state index in [0.29, 0.717) is 6.42 Å². The fraction of sp³-hybridized carbons (Fsp3) is 0.316. The van der Waals surface area contributed by atoms with Crippen molar-refractivity contribution in [3.63, 3.8) is 0 Å². The normalized spacial score (nSPS) is 12.7. The molecule has 0 aliphatic rings. The third-order valence-corrected chi connectivity index (χ3v) is 3.71. The Morgan fingerprint density at radius 2 is 1.88 bits per heavy atom. The first-order valence-corrected chi connectivity index (χ1v) is 8.19. The van der Waals surface area contributed by atoms with Crippen molar-refractivity contribution in [1.82, 2.24) is 10.3 Å². The molecule has 0 bridgehead atoms. The molecule has 2 rings (SSSR count). The maximum absolute atomic E-state index is 12.2. The van der Waals surface area contributed by atoms with E-state index < -0.39 is 17.9 Å². The predicted octanol–water partition coefficient (Wildman–Crippen LogP) is 2.09. The van der Waals surface area contributed by atoms with Crippen LogP contribution in [0.1, 0.15) is 29.9 Å². The second kappa shape index (κ2) is 8.84. The summed E-state index contributed by atoms with van der Waals surface area (Å²) in [5, 5.41) is 12.4. The van der Waals surface area contributed by atoms with Gasteiger partial charge in [-0.1, -0.05) is 30.3 Å². The van der Waals surface area contributed by atoms with Crippen molar-refractivity contribution < 1.29 is 24.2 Å². The molecule has 26 heavy (non-hydrogen) atoms. The van der Waals surface area contributed by atoms with Gasteiger partial charge >= 0.3 is 5.97 Å². The highest BCUT2D eigenvalue weighted by Gasteiger charge is 2.23. The van der Waals surface area contributed by atoms with Gasteiger partial charge < -0.3 is 19.9 Å². The molecular formula is C19H22N2O5. The van der Waals surface area contributed by atoms with Gasteiger partial charge in [0.1, 0.15) is 12.1 Å². The number of methoxy groups -OCH3 is 1. The maximum atomic E-state index is 12.2. The first-order chi connectivity index (χ1) is 12.4. The summed E-state index contributed by atoms with van der Waals surface area (Å²) in [5.74, 6) is -1.52. The van der Waals surface area contributed by atoms with Gasteiger partial charge in [0.25, 0.3) is 5.91 Å². The van der Waals surface area contributed by atoms with E-state index in [0.717, 1.165) is 5.56 Å². The molecule has 7 nitrogen and oxygen atoms in total. The highest BCUT2D eigenvalue weighted by atomic mass is 16.5. The molecule has 0 spiro atoms. The number of amides is 1. The number of hydrogen-bond donors (Lipinski definition) is 2. The molecule has 138 valence electrons. The number of benzene rings is 1. The molecule has 0 saturated carbocycles. The predicted molar refractivity (Wildman–Crippen MR) is 95.1 cm³/mol. The van der Waals surface area contributed by atoms with Gasteiger partial charge in [0, 0.05) is 18.7 Å². The van der Waals surface area contributed by atoms with Crippen LogP contribution in [0.2, 0.25) is 0 Å². The van der Waals surface area contributed by atoms with Crippen molar-refractivity contribution in [3.8, 4) is 11.5 Å². The molecule has 1 heterocycles. The van der Waals surface area contributed by atoms with Gasteiger partial charge in [-0.05, 0) is 19.4 Å². The Bertz CT molecular complexity index is 764. The summed E-state index contributed by atoms with van der Waals surface area (Å²) in [6, 6.07) is 10.2. The molecular weight excluding hydrogens is 336 g/mol. The monoisotopic (exact) mass is 358 g/mol. The lowest BCUT2D eigenvalue weighted by Gasteiger charge is -2.18. The molecule has 1 aromatic carbocycles. The number of hydrogen-bond acceptors (Lipinski definition) is 6. The third kappa shape index (κ3) is 4.95. The van der Waals surface area contributed by atoms with Crippen molar-refractivity contribution in [3.05, 3.63) is 53.9 Å². The first kappa shape index (κ1) is 19.2. The molecule has 2 atom stereocenters. The number of carbonyl (C=O) groups excluding carboxylic acids is 2. The second-order valence-corrected chi connectivity index (χ2v) is 5.84. The minimum absolute atomic E-state index is 0.122. The van der Waals surface area contributed by atoms with Gasteiger partial charge in [0.15, 0.2) is 17.2 Å². The summed E-state index contributed by atoms with van der Waals surface area (Å²) in [5.41, 5.74) is 0.830. The zero-order valence-corrected chi connectivity index (χ0v) is 14.9. The Hall–Kier alpha value is -3.09. The van der Waals surface area contributed by atoms with Crippen molar-refractivity contribution in [1.29, 1.82) is 0 Å².